The monoisotopic (exact) mass is 422 g/mol. The van der Waals surface area contributed by atoms with Gasteiger partial charge in [0.25, 0.3) is 0 Å². The van der Waals surface area contributed by atoms with Crippen molar-refractivity contribution in [2.24, 2.45) is 7.05 Å². The van der Waals surface area contributed by atoms with Gasteiger partial charge in [-0.25, -0.2) is 13.2 Å². The number of sulfonamides is 1. The van der Waals surface area contributed by atoms with Gasteiger partial charge in [-0.15, -0.1) is 0 Å². The molecule has 154 valence electrons. The van der Waals surface area contributed by atoms with Crippen molar-refractivity contribution in [3.05, 3.63) is 101 Å². The van der Waals surface area contributed by atoms with Crippen LogP contribution >= 0.6 is 0 Å². The minimum absolute atomic E-state index is 0.105. The lowest BCUT2D eigenvalue weighted by molar-refractivity contribution is 0.409. The van der Waals surface area contributed by atoms with Gasteiger partial charge in [-0.05, 0) is 29.7 Å². The van der Waals surface area contributed by atoms with E-state index in [4.69, 9.17) is 4.42 Å². The van der Waals surface area contributed by atoms with Gasteiger partial charge >= 0.3 is 5.76 Å². The second-order valence-corrected chi connectivity index (χ2v) is 9.05. The molecule has 4 rings (SSSR count). The van der Waals surface area contributed by atoms with E-state index >= 15 is 0 Å². The molecule has 0 aliphatic heterocycles. The number of hydrogen-bond donors (Lipinski definition) is 0. The Morgan fingerprint density at radius 1 is 0.900 bits per heavy atom. The molecule has 0 N–H and O–H groups in total. The van der Waals surface area contributed by atoms with E-state index in [1.165, 1.54) is 21.0 Å². The average molecular weight is 423 g/mol. The van der Waals surface area contributed by atoms with E-state index < -0.39 is 15.8 Å². The van der Waals surface area contributed by atoms with Crippen LogP contribution in [0.15, 0.2) is 93.0 Å². The number of rotatable bonds is 7. The van der Waals surface area contributed by atoms with E-state index in [9.17, 15) is 13.2 Å². The quantitative estimate of drug-likeness (QED) is 0.456. The van der Waals surface area contributed by atoms with Crippen LogP contribution in [0.4, 0.5) is 0 Å². The molecule has 30 heavy (non-hydrogen) atoms. The molecule has 0 aliphatic rings. The molecular weight excluding hydrogens is 400 g/mol. The molecule has 0 aliphatic carbocycles. The van der Waals surface area contributed by atoms with Gasteiger partial charge in [0.15, 0.2) is 5.58 Å². The number of nitrogens with zero attached hydrogens (tertiary/aromatic N) is 2. The van der Waals surface area contributed by atoms with Crippen LogP contribution in [0.25, 0.3) is 11.1 Å². The summed E-state index contributed by atoms with van der Waals surface area (Å²) in [6.07, 6.45) is 0.593. The number of benzene rings is 3. The van der Waals surface area contributed by atoms with E-state index in [1.807, 2.05) is 60.7 Å². The third-order valence-corrected chi connectivity index (χ3v) is 6.94. The predicted molar refractivity (Wildman–Crippen MR) is 116 cm³/mol. The van der Waals surface area contributed by atoms with Crippen molar-refractivity contribution in [3.8, 4) is 0 Å². The number of aromatic nitrogens is 1. The van der Waals surface area contributed by atoms with Gasteiger partial charge in [-0.1, -0.05) is 60.7 Å². The second kappa shape index (κ2) is 8.30. The molecule has 0 atom stereocenters. The van der Waals surface area contributed by atoms with Crippen LogP contribution in [0.5, 0.6) is 0 Å². The summed E-state index contributed by atoms with van der Waals surface area (Å²) in [5, 5.41) is 0. The minimum Gasteiger partial charge on any atom is -0.408 e. The van der Waals surface area contributed by atoms with Gasteiger partial charge in [0.1, 0.15) is 0 Å². The summed E-state index contributed by atoms with van der Waals surface area (Å²) >= 11 is 0. The molecule has 6 nitrogen and oxygen atoms in total. The summed E-state index contributed by atoms with van der Waals surface area (Å²) in [6.45, 7) is 0.588. The topological polar surface area (TPSA) is 72.5 Å². The van der Waals surface area contributed by atoms with Crippen LogP contribution in [0.1, 0.15) is 11.1 Å². The van der Waals surface area contributed by atoms with Crippen molar-refractivity contribution in [1.82, 2.24) is 8.87 Å². The fraction of sp³-hybridized carbons (Fsp3) is 0.174. The van der Waals surface area contributed by atoms with Crippen molar-refractivity contribution in [3.63, 3.8) is 0 Å². The molecule has 0 fully saturated rings. The summed E-state index contributed by atoms with van der Waals surface area (Å²) in [5.74, 6) is -0.523. The van der Waals surface area contributed by atoms with Crippen molar-refractivity contribution >= 4 is 21.1 Å². The van der Waals surface area contributed by atoms with Gasteiger partial charge in [0, 0.05) is 26.2 Å². The van der Waals surface area contributed by atoms with Crippen LogP contribution in [0, 0.1) is 0 Å². The molecule has 0 saturated carbocycles. The zero-order valence-corrected chi connectivity index (χ0v) is 17.4. The molecule has 0 spiro atoms. The molecule has 1 aromatic heterocycles. The van der Waals surface area contributed by atoms with E-state index in [1.54, 1.807) is 13.1 Å². The Labute approximate surface area is 175 Å². The highest BCUT2D eigenvalue weighted by atomic mass is 32.2. The zero-order valence-electron chi connectivity index (χ0n) is 16.6. The van der Waals surface area contributed by atoms with E-state index in [0.717, 1.165) is 11.1 Å². The summed E-state index contributed by atoms with van der Waals surface area (Å²) in [4.78, 5) is 11.9. The first-order chi connectivity index (χ1) is 14.4. The molecule has 3 aromatic carbocycles. The Morgan fingerprint density at radius 3 is 2.20 bits per heavy atom. The number of hydrogen-bond acceptors (Lipinski definition) is 4. The first-order valence-corrected chi connectivity index (χ1v) is 11.1. The maximum absolute atomic E-state index is 13.5. The van der Waals surface area contributed by atoms with E-state index in [-0.39, 0.29) is 17.0 Å². The lowest BCUT2D eigenvalue weighted by Gasteiger charge is -2.22. The first-order valence-electron chi connectivity index (χ1n) is 9.63. The molecule has 0 saturated heterocycles. The number of aryl methyl sites for hydroxylation is 1. The Bertz CT molecular complexity index is 1310. The van der Waals surface area contributed by atoms with Gasteiger partial charge in [0.05, 0.1) is 10.4 Å². The first kappa shape index (κ1) is 20.1. The normalized spacial score (nSPS) is 11.9. The Hall–Kier alpha value is -3.16. The lowest BCUT2D eigenvalue weighted by Crippen LogP contribution is -2.32. The maximum Gasteiger partial charge on any atom is 0.419 e. The molecule has 0 bridgehead atoms. The van der Waals surface area contributed by atoms with Crippen LogP contribution in [0.3, 0.4) is 0 Å². The molecule has 0 amide bonds. The summed E-state index contributed by atoms with van der Waals surface area (Å²) in [5.41, 5.74) is 2.78. The Morgan fingerprint density at radius 2 is 1.53 bits per heavy atom. The van der Waals surface area contributed by atoms with E-state index in [0.29, 0.717) is 18.5 Å². The fourth-order valence-corrected chi connectivity index (χ4v) is 4.84. The smallest absolute Gasteiger partial charge is 0.408 e. The van der Waals surface area contributed by atoms with E-state index in [2.05, 4.69) is 0 Å². The average Bonchev–Trinajstić information content (AvgIpc) is 3.05. The Balaban J connectivity index is 1.69. The number of oxazole rings is 1. The third-order valence-electron chi connectivity index (χ3n) is 5.10. The molecular formula is C23H22N2O4S. The van der Waals surface area contributed by atoms with Crippen molar-refractivity contribution in [2.75, 3.05) is 6.54 Å². The highest BCUT2D eigenvalue weighted by Crippen LogP contribution is 2.23. The zero-order chi connectivity index (χ0) is 21.1. The van der Waals surface area contributed by atoms with Gasteiger partial charge < -0.3 is 4.42 Å². The molecule has 1 heterocycles. The predicted octanol–water partition coefficient (Wildman–Crippen LogP) is 3.57. The SMILES string of the molecule is Cn1c(=O)oc2cc(S(=O)(=O)N(CCc3ccccc3)Cc3ccccc3)ccc21. The van der Waals surface area contributed by atoms with Gasteiger partial charge in [-0.2, -0.15) is 4.31 Å². The fourth-order valence-electron chi connectivity index (χ4n) is 3.39. The highest BCUT2D eigenvalue weighted by molar-refractivity contribution is 7.89. The highest BCUT2D eigenvalue weighted by Gasteiger charge is 2.25. The summed E-state index contributed by atoms with van der Waals surface area (Å²) in [6, 6.07) is 23.8. The van der Waals surface area contributed by atoms with Crippen LogP contribution in [0.2, 0.25) is 0 Å². The van der Waals surface area contributed by atoms with Crippen molar-refractivity contribution < 1.29 is 12.8 Å². The minimum atomic E-state index is -3.80. The van der Waals surface area contributed by atoms with Gasteiger partial charge in [0.2, 0.25) is 10.0 Å². The Kier molecular flexibility index (Phi) is 5.57. The molecule has 0 radical (unpaired) electrons. The molecule has 7 heteroatoms. The third kappa shape index (κ3) is 4.08. The number of fused-ring (bicyclic) bond motifs is 1. The van der Waals surface area contributed by atoms with Crippen LogP contribution in [-0.2, 0) is 30.0 Å². The second-order valence-electron chi connectivity index (χ2n) is 7.12. The van der Waals surface area contributed by atoms with Crippen molar-refractivity contribution in [1.29, 1.82) is 0 Å². The van der Waals surface area contributed by atoms with Crippen LogP contribution < -0.4 is 5.76 Å². The van der Waals surface area contributed by atoms with Crippen LogP contribution in [-0.4, -0.2) is 23.8 Å². The lowest BCUT2D eigenvalue weighted by atomic mass is 10.1. The van der Waals surface area contributed by atoms with Gasteiger partial charge in [-0.3, -0.25) is 4.57 Å². The summed E-state index contributed by atoms with van der Waals surface area (Å²) < 4.78 is 35.0. The summed E-state index contributed by atoms with van der Waals surface area (Å²) in [7, 11) is -2.22. The van der Waals surface area contributed by atoms with Crippen molar-refractivity contribution in [2.45, 2.75) is 17.9 Å². The standard InChI is InChI=1S/C23H22N2O4S/c1-24-21-13-12-20(16-22(21)29-23(24)26)30(27,28)25(17-19-10-6-3-7-11-19)15-14-18-8-4-2-5-9-18/h2-13,16H,14-15,17H2,1H3. The molecule has 4 aromatic rings. The largest absolute Gasteiger partial charge is 0.419 e. The maximum atomic E-state index is 13.5. The molecule has 0 unspecified atom stereocenters.